The van der Waals surface area contributed by atoms with Crippen molar-refractivity contribution in [3.05, 3.63) is 23.2 Å². The zero-order valence-corrected chi connectivity index (χ0v) is 11.5. The minimum absolute atomic E-state index is 0.139. The molecule has 1 aromatic heterocycles. The second-order valence-corrected chi connectivity index (χ2v) is 6.63. The van der Waals surface area contributed by atoms with E-state index in [9.17, 15) is 0 Å². The van der Waals surface area contributed by atoms with Crippen LogP contribution in [0.3, 0.4) is 0 Å². The molecule has 1 aromatic carbocycles. The molecule has 3 rings (SSSR count). The van der Waals surface area contributed by atoms with Gasteiger partial charge in [-0.05, 0) is 44.7 Å². The maximum Gasteiger partial charge on any atom is 0.184 e. The Morgan fingerprint density at radius 2 is 2.18 bits per heavy atom. The predicted molar refractivity (Wildman–Crippen MR) is 75.1 cm³/mol. The van der Waals surface area contributed by atoms with Crippen LogP contribution in [0.2, 0.25) is 5.02 Å². The van der Waals surface area contributed by atoms with Gasteiger partial charge in [0.25, 0.3) is 0 Å². The summed E-state index contributed by atoms with van der Waals surface area (Å²) in [7, 11) is 0. The number of anilines is 1. The number of thiazole rings is 1. The van der Waals surface area contributed by atoms with Crippen LogP contribution in [-0.2, 0) is 0 Å². The van der Waals surface area contributed by atoms with Crippen molar-refractivity contribution in [1.82, 2.24) is 4.98 Å². The zero-order chi connectivity index (χ0) is 12.0. The van der Waals surface area contributed by atoms with Gasteiger partial charge in [-0.15, -0.1) is 0 Å². The molecule has 0 unspecified atom stereocenters. The first kappa shape index (κ1) is 11.3. The van der Waals surface area contributed by atoms with E-state index in [2.05, 4.69) is 24.1 Å². The fraction of sp³-hybridized carbons (Fsp3) is 0.462. The lowest BCUT2D eigenvalue weighted by molar-refractivity contribution is 0.494. The van der Waals surface area contributed by atoms with Gasteiger partial charge in [0.1, 0.15) is 0 Å². The van der Waals surface area contributed by atoms with Crippen LogP contribution < -0.4 is 5.32 Å². The van der Waals surface area contributed by atoms with Crippen molar-refractivity contribution >= 4 is 38.3 Å². The lowest BCUT2D eigenvalue weighted by Gasteiger charge is -2.25. The Morgan fingerprint density at radius 1 is 1.41 bits per heavy atom. The minimum Gasteiger partial charge on any atom is -0.356 e. The van der Waals surface area contributed by atoms with Gasteiger partial charge in [-0.1, -0.05) is 29.0 Å². The van der Waals surface area contributed by atoms with E-state index in [1.807, 2.05) is 18.2 Å². The van der Waals surface area contributed by atoms with Gasteiger partial charge in [0, 0.05) is 5.54 Å². The standard InChI is InChI=1S/C13H15ClN2S/c1-13(2,8-6-7-8)16-12-15-10-5-3-4-9(14)11(10)17-12/h3-5,8H,6-7H2,1-2H3,(H,15,16). The first-order chi connectivity index (χ1) is 8.06. The smallest absolute Gasteiger partial charge is 0.184 e. The molecule has 4 heteroatoms. The van der Waals surface area contributed by atoms with Crippen molar-refractivity contribution in [2.45, 2.75) is 32.2 Å². The molecule has 1 aliphatic rings. The van der Waals surface area contributed by atoms with Crippen LogP contribution in [0, 0.1) is 5.92 Å². The molecule has 0 spiro atoms. The van der Waals surface area contributed by atoms with Crippen molar-refractivity contribution < 1.29 is 0 Å². The number of rotatable bonds is 3. The monoisotopic (exact) mass is 266 g/mol. The molecule has 17 heavy (non-hydrogen) atoms. The van der Waals surface area contributed by atoms with Crippen molar-refractivity contribution in [3.63, 3.8) is 0 Å². The second-order valence-electron chi connectivity index (χ2n) is 5.23. The van der Waals surface area contributed by atoms with Crippen LogP contribution in [0.5, 0.6) is 0 Å². The molecule has 90 valence electrons. The quantitative estimate of drug-likeness (QED) is 0.882. The lowest BCUT2D eigenvalue weighted by Crippen LogP contribution is -2.33. The Kier molecular flexibility index (Phi) is 2.56. The summed E-state index contributed by atoms with van der Waals surface area (Å²) in [5.74, 6) is 0.782. The molecule has 1 aliphatic carbocycles. The fourth-order valence-electron chi connectivity index (χ4n) is 2.15. The summed E-state index contributed by atoms with van der Waals surface area (Å²) in [6.07, 6.45) is 2.65. The van der Waals surface area contributed by atoms with Crippen molar-refractivity contribution in [2.24, 2.45) is 5.92 Å². The molecular formula is C13H15ClN2S. The number of fused-ring (bicyclic) bond motifs is 1. The van der Waals surface area contributed by atoms with E-state index in [0.29, 0.717) is 0 Å². The highest BCUT2D eigenvalue weighted by Gasteiger charge is 2.38. The maximum absolute atomic E-state index is 6.16. The van der Waals surface area contributed by atoms with Crippen molar-refractivity contribution in [3.8, 4) is 0 Å². The molecule has 0 aliphatic heterocycles. The highest BCUT2D eigenvalue weighted by atomic mass is 35.5. The average molecular weight is 267 g/mol. The normalized spacial score (nSPS) is 16.4. The number of aromatic nitrogens is 1. The average Bonchev–Trinajstić information content (AvgIpc) is 3.02. The van der Waals surface area contributed by atoms with Gasteiger partial charge in [-0.2, -0.15) is 0 Å². The van der Waals surface area contributed by atoms with Gasteiger partial charge < -0.3 is 5.32 Å². The third-order valence-electron chi connectivity index (χ3n) is 3.39. The Labute approximate surface area is 110 Å². The van der Waals surface area contributed by atoms with Gasteiger partial charge in [0.15, 0.2) is 5.13 Å². The van der Waals surface area contributed by atoms with E-state index in [1.165, 1.54) is 12.8 Å². The van der Waals surface area contributed by atoms with Crippen molar-refractivity contribution in [2.75, 3.05) is 5.32 Å². The van der Waals surface area contributed by atoms with Crippen LogP contribution >= 0.6 is 22.9 Å². The van der Waals surface area contributed by atoms with E-state index in [-0.39, 0.29) is 5.54 Å². The molecule has 1 heterocycles. The Hall–Kier alpha value is -0.800. The van der Waals surface area contributed by atoms with Gasteiger partial charge in [-0.3, -0.25) is 0 Å². The molecule has 0 amide bonds. The molecule has 1 fully saturated rings. The van der Waals surface area contributed by atoms with E-state index >= 15 is 0 Å². The maximum atomic E-state index is 6.16. The molecule has 2 nitrogen and oxygen atoms in total. The summed E-state index contributed by atoms with van der Waals surface area (Å²) in [6, 6.07) is 5.87. The summed E-state index contributed by atoms with van der Waals surface area (Å²) in [6.45, 7) is 4.50. The number of nitrogens with one attached hydrogen (secondary N) is 1. The second kappa shape index (κ2) is 3.85. The first-order valence-electron chi connectivity index (χ1n) is 5.89. The predicted octanol–water partition coefficient (Wildman–Crippen LogP) is 4.55. The zero-order valence-electron chi connectivity index (χ0n) is 9.96. The van der Waals surface area contributed by atoms with Gasteiger partial charge in [-0.25, -0.2) is 4.98 Å². The lowest BCUT2D eigenvalue weighted by atomic mass is 9.99. The third-order valence-corrected chi connectivity index (χ3v) is 4.84. The van der Waals surface area contributed by atoms with Crippen LogP contribution in [0.4, 0.5) is 5.13 Å². The van der Waals surface area contributed by atoms with Gasteiger partial charge in [0.2, 0.25) is 0 Å². The summed E-state index contributed by atoms with van der Waals surface area (Å²) >= 11 is 7.80. The topological polar surface area (TPSA) is 24.9 Å². The summed E-state index contributed by atoms with van der Waals surface area (Å²) in [5, 5.41) is 5.31. The van der Waals surface area contributed by atoms with Gasteiger partial charge in [0.05, 0.1) is 15.2 Å². The van der Waals surface area contributed by atoms with E-state index in [4.69, 9.17) is 11.6 Å². The highest BCUT2D eigenvalue weighted by molar-refractivity contribution is 7.22. The van der Waals surface area contributed by atoms with Crippen LogP contribution in [0.1, 0.15) is 26.7 Å². The number of hydrogen-bond donors (Lipinski definition) is 1. The summed E-state index contributed by atoms with van der Waals surface area (Å²) in [4.78, 5) is 4.59. The minimum atomic E-state index is 0.139. The van der Waals surface area contributed by atoms with E-state index in [0.717, 1.165) is 26.3 Å². The Bertz CT molecular complexity index is 558. The molecule has 0 saturated heterocycles. The SMILES string of the molecule is CC(C)(Nc1nc2cccc(Cl)c2s1)C1CC1. The van der Waals surface area contributed by atoms with Crippen molar-refractivity contribution in [1.29, 1.82) is 0 Å². The van der Waals surface area contributed by atoms with E-state index in [1.54, 1.807) is 11.3 Å². The van der Waals surface area contributed by atoms with Crippen LogP contribution in [0.15, 0.2) is 18.2 Å². The number of halogens is 1. The highest BCUT2D eigenvalue weighted by Crippen LogP contribution is 2.42. The molecule has 1 saturated carbocycles. The molecule has 1 N–H and O–H groups in total. The van der Waals surface area contributed by atoms with Crippen LogP contribution in [0.25, 0.3) is 10.2 Å². The van der Waals surface area contributed by atoms with Gasteiger partial charge >= 0.3 is 0 Å². The Balaban J connectivity index is 1.93. The summed E-state index contributed by atoms with van der Waals surface area (Å²) in [5.41, 5.74) is 1.12. The number of benzene rings is 1. The van der Waals surface area contributed by atoms with Crippen LogP contribution in [-0.4, -0.2) is 10.5 Å². The molecular weight excluding hydrogens is 252 g/mol. The molecule has 0 atom stereocenters. The number of hydrogen-bond acceptors (Lipinski definition) is 3. The first-order valence-corrected chi connectivity index (χ1v) is 7.09. The number of nitrogens with zero attached hydrogens (tertiary/aromatic N) is 1. The fourth-order valence-corrected chi connectivity index (χ4v) is 3.47. The third kappa shape index (κ3) is 2.14. The summed E-state index contributed by atoms with van der Waals surface area (Å²) < 4.78 is 1.07. The molecule has 0 radical (unpaired) electrons. The molecule has 2 aromatic rings. The van der Waals surface area contributed by atoms with E-state index < -0.39 is 0 Å². The largest absolute Gasteiger partial charge is 0.356 e. The Morgan fingerprint density at radius 3 is 2.82 bits per heavy atom. The molecule has 0 bridgehead atoms.